The standard InChI is InChI=1S/C9H16N4O2/c1-5(2)6(3-14)13-8-7(10)9(15)12-4-11-8/h4-6,14H,3,10H2,1-2H3,(H2,11,12,13,15). The Morgan fingerprint density at radius 2 is 2.33 bits per heavy atom. The maximum atomic E-state index is 11.2. The van der Waals surface area contributed by atoms with Crippen LogP contribution in [0.25, 0.3) is 0 Å². The zero-order valence-corrected chi connectivity index (χ0v) is 8.82. The minimum Gasteiger partial charge on any atom is -0.394 e. The van der Waals surface area contributed by atoms with Gasteiger partial charge in [-0.1, -0.05) is 13.8 Å². The average Bonchev–Trinajstić information content (AvgIpc) is 2.19. The number of H-pyrrole nitrogens is 1. The van der Waals surface area contributed by atoms with E-state index in [4.69, 9.17) is 10.8 Å². The number of nitrogens with one attached hydrogen (secondary N) is 2. The molecule has 0 aliphatic rings. The molecule has 6 nitrogen and oxygen atoms in total. The smallest absolute Gasteiger partial charge is 0.276 e. The van der Waals surface area contributed by atoms with Crippen molar-refractivity contribution in [1.29, 1.82) is 0 Å². The van der Waals surface area contributed by atoms with E-state index in [2.05, 4.69) is 15.3 Å². The van der Waals surface area contributed by atoms with E-state index in [1.165, 1.54) is 6.33 Å². The molecule has 0 saturated carbocycles. The summed E-state index contributed by atoms with van der Waals surface area (Å²) in [5.41, 5.74) is 5.19. The van der Waals surface area contributed by atoms with Crippen molar-refractivity contribution >= 4 is 11.5 Å². The molecule has 1 rings (SSSR count). The molecule has 0 fully saturated rings. The highest BCUT2D eigenvalue weighted by atomic mass is 16.3. The summed E-state index contributed by atoms with van der Waals surface area (Å²) in [6.45, 7) is 3.88. The lowest BCUT2D eigenvalue weighted by atomic mass is 10.1. The van der Waals surface area contributed by atoms with Gasteiger partial charge in [0.15, 0.2) is 5.82 Å². The average molecular weight is 212 g/mol. The van der Waals surface area contributed by atoms with Crippen molar-refractivity contribution in [3.8, 4) is 0 Å². The molecule has 0 spiro atoms. The Hall–Kier alpha value is -1.56. The summed E-state index contributed by atoms with van der Waals surface area (Å²) in [6.07, 6.45) is 1.27. The van der Waals surface area contributed by atoms with E-state index < -0.39 is 0 Å². The van der Waals surface area contributed by atoms with Crippen LogP contribution in [0.3, 0.4) is 0 Å². The molecule has 0 radical (unpaired) electrons. The van der Waals surface area contributed by atoms with E-state index >= 15 is 0 Å². The number of aliphatic hydroxyl groups is 1. The van der Waals surface area contributed by atoms with Crippen molar-refractivity contribution in [2.45, 2.75) is 19.9 Å². The molecule has 1 aromatic heterocycles. The van der Waals surface area contributed by atoms with E-state index in [0.717, 1.165) is 0 Å². The van der Waals surface area contributed by atoms with Crippen LogP contribution >= 0.6 is 0 Å². The number of rotatable bonds is 4. The summed E-state index contributed by atoms with van der Waals surface area (Å²) in [5.74, 6) is 0.530. The fourth-order valence-electron chi connectivity index (χ4n) is 1.12. The summed E-state index contributed by atoms with van der Waals surface area (Å²) >= 11 is 0. The number of aromatic nitrogens is 2. The van der Waals surface area contributed by atoms with Crippen LogP contribution in [0.5, 0.6) is 0 Å². The Morgan fingerprint density at radius 3 is 2.87 bits per heavy atom. The second-order valence-corrected chi connectivity index (χ2v) is 3.67. The van der Waals surface area contributed by atoms with E-state index in [-0.39, 0.29) is 29.8 Å². The summed E-state index contributed by atoms with van der Waals surface area (Å²) in [7, 11) is 0. The molecule has 1 atom stereocenters. The minimum atomic E-state index is -0.382. The van der Waals surface area contributed by atoms with Gasteiger partial charge in [-0.05, 0) is 5.92 Å². The quantitative estimate of drug-likeness (QED) is 0.552. The first-order valence-electron chi connectivity index (χ1n) is 4.76. The predicted octanol–water partition coefficient (Wildman–Crippen LogP) is -0.219. The molecule has 0 aromatic carbocycles. The van der Waals surface area contributed by atoms with Crippen LogP contribution in [0.2, 0.25) is 0 Å². The number of aromatic amines is 1. The topological polar surface area (TPSA) is 104 Å². The maximum absolute atomic E-state index is 11.2. The third-order valence-electron chi connectivity index (χ3n) is 2.21. The molecular weight excluding hydrogens is 196 g/mol. The number of hydrogen-bond donors (Lipinski definition) is 4. The highest BCUT2D eigenvalue weighted by Gasteiger charge is 2.14. The second-order valence-electron chi connectivity index (χ2n) is 3.67. The molecule has 0 bridgehead atoms. The number of nitrogens with zero attached hydrogens (tertiary/aromatic N) is 1. The highest BCUT2D eigenvalue weighted by Crippen LogP contribution is 2.12. The Balaban J connectivity index is 2.88. The number of nitrogen functional groups attached to an aromatic ring is 1. The van der Waals surface area contributed by atoms with Gasteiger partial charge >= 0.3 is 0 Å². The lowest BCUT2D eigenvalue weighted by Crippen LogP contribution is -2.31. The summed E-state index contributed by atoms with van der Waals surface area (Å²) in [6, 6.07) is -0.165. The van der Waals surface area contributed by atoms with E-state index in [1.807, 2.05) is 13.8 Å². The van der Waals surface area contributed by atoms with Gasteiger partial charge in [0.05, 0.1) is 19.0 Å². The van der Waals surface area contributed by atoms with Crippen molar-refractivity contribution < 1.29 is 5.11 Å². The molecule has 0 aliphatic carbocycles. The van der Waals surface area contributed by atoms with Crippen molar-refractivity contribution in [3.05, 3.63) is 16.7 Å². The number of hydrogen-bond acceptors (Lipinski definition) is 5. The Morgan fingerprint density at radius 1 is 1.67 bits per heavy atom. The molecule has 0 aliphatic heterocycles. The zero-order valence-electron chi connectivity index (χ0n) is 8.82. The fourth-order valence-corrected chi connectivity index (χ4v) is 1.12. The SMILES string of the molecule is CC(C)C(CO)Nc1nc[nH]c(=O)c1N. The molecule has 1 unspecified atom stereocenters. The minimum absolute atomic E-state index is 0.0361. The largest absolute Gasteiger partial charge is 0.394 e. The molecule has 1 heterocycles. The monoisotopic (exact) mass is 212 g/mol. The van der Waals surface area contributed by atoms with Gasteiger partial charge in [0.25, 0.3) is 5.56 Å². The number of aliphatic hydroxyl groups excluding tert-OH is 1. The van der Waals surface area contributed by atoms with Crippen LogP contribution in [-0.4, -0.2) is 27.7 Å². The summed E-state index contributed by atoms with van der Waals surface area (Å²) in [4.78, 5) is 17.4. The van der Waals surface area contributed by atoms with Gasteiger partial charge in [0.1, 0.15) is 5.69 Å². The van der Waals surface area contributed by atoms with Crippen molar-refractivity contribution in [2.24, 2.45) is 5.92 Å². The third kappa shape index (κ3) is 2.69. The first-order valence-corrected chi connectivity index (χ1v) is 4.76. The lowest BCUT2D eigenvalue weighted by Gasteiger charge is -2.20. The van der Waals surface area contributed by atoms with Crippen LogP contribution < -0.4 is 16.6 Å². The Labute approximate surface area is 87.5 Å². The molecule has 15 heavy (non-hydrogen) atoms. The van der Waals surface area contributed by atoms with Gasteiger partial charge in [0.2, 0.25) is 0 Å². The van der Waals surface area contributed by atoms with Crippen molar-refractivity contribution in [1.82, 2.24) is 9.97 Å². The highest BCUT2D eigenvalue weighted by molar-refractivity contribution is 5.59. The molecule has 1 aromatic rings. The van der Waals surface area contributed by atoms with Gasteiger partial charge in [-0.3, -0.25) is 4.79 Å². The van der Waals surface area contributed by atoms with E-state index in [1.54, 1.807) is 0 Å². The van der Waals surface area contributed by atoms with Crippen molar-refractivity contribution in [3.63, 3.8) is 0 Å². The van der Waals surface area contributed by atoms with E-state index in [9.17, 15) is 4.79 Å². The van der Waals surface area contributed by atoms with Crippen LogP contribution in [0.4, 0.5) is 11.5 Å². The Kier molecular flexibility index (Phi) is 3.68. The van der Waals surface area contributed by atoms with Crippen molar-refractivity contribution in [2.75, 3.05) is 17.7 Å². The van der Waals surface area contributed by atoms with Crippen LogP contribution in [0, 0.1) is 5.92 Å². The van der Waals surface area contributed by atoms with Gasteiger partial charge < -0.3 is 21.1 Å². The third-order valence-corrected chi connectivity index (χ3v) is 2.21. The van der Waals surface area contributed by atoms with Gasteiger partial charge in [-0.2, -0.15) is 0 Å². The van der Waals surface area contributed by atoms with Gasteiger partial charge in [0, 0.05) is 0 Å². The predicted molar refractivity (Wildman–Crippen MR) is 58.6 cm³/mol. The van der Waals surface area contributed by atoms with Crippen LogP contribution in [0.15, 0.2) is 11.1 Å². The summed E-state index contributed by atoms with van der Waals surface area (Å²) in [5, 5.41) is 12.0. The second kappa shape index (κ2) is 4.79. The van der Waals surface area contributed by atoms with E-state index in [0.29, 0.717) is 5.82 Å². The van der Waals surface area contributed by atoms with Crippen LogP contribution in [0.1, 0.15) is 13.8 Å². The van der Waals surface area contributed by atoms with Crippen LogP contribution in [-0.2, 0) is 0 Å². The molecular formula is C9H16N4O2. The molecule has 84 valence electrons. The Bertz CT molecular complexity index is 375. The molecule has 0 saturated heterocycles. The molecule has 6 heteroatoms. The summed E-state index contributed by atoms with van der Waals surface area (Å²) < 4.78 is 0. The lowest BCUT2D eigenvalue weighted by molar-refractivity contribution is 0.249. The fraction of sp³-hybridized carbons (Fsp3) is 0.556. The maximum Gasteiger partial charge on any atom is 0.276 e. The first kappa shape index (κ1) is 11.5. The van der Waals surface area contributed by atoms with Gasteiger partial charge in [-0.25, -0.2) is 4.98 Å². The molecule has 5 N–H and O–H groups in total. The first-order chi connectivity index (χ1) is 7.06. The number of anilines is 2. The van der Waals surface area contributed by atoms with Gasteiger partial charge in [-0.15, -0.1) is 0 Å². The molecule has 0 amide bonds. The number of nitrogens with two attached hydrogens (primary N) is 1. The zero-order chi connectivity index (χ0) is 11.4. The normalized spacial score (nSPS) is 12.8.